The van der Waals surface area contributed by atoms with Crippen LogP contribution in [0.25, 0.3) is 0 Å². The first-order chi connectivity index (χ1) is 8.25. The van der Waals surface area contributed by atoms with Crippen molar-refractivity contribution in [2.24, 2.45) is 10.7 Å². The van der Waals surface area contributed by atoms with E-state index < -0.39 is 0 Å². The summed E-state index contributed by atoms with van der Waals surface area (Å²) >= 11 is 3.42. The minimum atomic E-state index is 0.662. The molecule has 1 heterocycles. The average Bonchev–Trinajstić information content (AvgIpc) is 2.39. The number of rotatable bonds is 2. The number of nitrogens with zero attached hydrogens (tertiary/aromatic N) is 2. The molecule has 4 heteroatoms. The van der Waals surface area contributed by atoms with Gasteiger partial charge >= 0.3 is 0 Å². The molecule has 0 amide bonds. The van der Waals surface area contributed by atoms with Crippen LogP contribution in [0.1, 0.15) is 24.8 Å². The van der Waals surface area contributed by atoms with Crippen molar-refractivity contribution in [3.8, 4) is 0 Å². The Labute approximate surface area is 111 Å². The molecule has 0 spiro atoms. The Kier molecular flexibility index (Phi) is 4.42. The molecule has 0 atom stereocenters. The Morgan fingerprint density at radius 1 is 1.18 bits per heavy atom. The maximum atomic E-state index is 5.99. The van der Waals surface area contributed by atoms with Gasteiger partial charge in [0, 0.05) is 17.6 Å². The molecule has 17 heavy (non-hydrogen) atoms. The number of guanidine groups is 1. The quantitative estimate of drug-likeness (QED) is 0.673. The molecule has 1 aliphatic heterocycles. The molecular weight excluding hydrogens is 278 g/mol. The normalized spacial score (nSPS) is 17.2. The highest BCUT2D eigenvalue weighted by Crippen LogP contribution is 2.12. The number of hydrogen-bond acceptors (Lipinski definition) is 1. The second kappa shape index (κ2) is 6.05. The van der Waals surface area contributed by atoms with Gasteiger partial charge in [0.2, 0.25) is 0 Å². The lowest BCUT2D eigenvalue weighted by Gasteiger charge is -2.27. The lowest BCUT2D eigenvalue weighted by Crippen LogP contribution is -2.40. The lowest BCUT2D eigenvalue weighted by molar-refractivity contribution is 0.338. The van der Waals surface area contributed by atoms with Crippen molar-refractivity contribution in [3.05, 3.63) is 34.3 Å². The second-order valence-electron chi connectivity index (χ2n) is 4.35. The number of benzene rings is 1. The first kappa shape index (κ1) is 12.4. The summed E-state index contributed by atoms with van der Waals surface area (Å²) in [6, 6.07) is 8.19. The van der Waals surface area contributed by atoms with Crippen LogP contribution in [0.5, 0.6) is 0 Å². The summed E-state index contributed by atoms with van der Waals surface area (Å²) in [4.78, 5) is 6.64. The molecule has 0 unspecified atom stereocenters. The van der Waals surface area contributed by atoms with Gasteiger partial charge in [-0.25, -0.2) is 4.99 Å². The van der Waals surface area contributed by atoms with Crippen molar-refractivity contribution in [2.45, 2.75) is 25.8 Å². The van der Waals surface area contributed by atoms with Gasteiger partial charge in [-0.05, 0) is 37.0 Å². The largest absolute Gasteiger partial charge is 0.370 e. The minimum Gasteiger partial charge on any atom is -0.370 e. The van der Waals surface area contributed by atoms with Gasteiger partial charge in [-0.1, -0.05) is 28.1 Å². The van der Waals surface area contributed by atoms with Crippen LogP contribution in [-0.2, 0) is 6.54 Å². The Balaban J connectivity index is 1.92. The molecule has 92 valence electrons. The van der Waals surface area contributed by atoms with Gasteiger partial charge in [-0.15, -0.1) is 0 Å². The Hall–Kier alpha value is -1.03. The van der Waals surface area contributed by atoms with Gasteiger partial charge in [0.05, 0.1) is 6.54 Å². The third kappa shape index (κ3) is 3.73. The summed E-state index contributed by atoms with van der Waals surface area (Å²) in [5.41, 5.74) is 7.18. The van der Waals surface area contributed by atoms with Gasteiger partial charge in [0.25, 0.3) is 0 Å². The van der Waals surface area contributed by atoms with Crippen molar-refractivity contribution >= 4 is 21.9 Å². The van der Waals surface area contributed by atoms with E-state index in [0.29, 0.717) is 12.5 Å². The van der Waals surface area contributed by atoms with E-state index in [-0.39, 0.29) is 0 Å². The molecule has 2 rings (SSSR count). The Morgan fingerprint density at radius 2 is 1.82 bits per heavy atom. The van der Waals surface area contributed by atoms with Crippen LogP contribution >= 0.6 is 15.9 Å². The number of halogens is 1. The summed E-state index contributed by atoms with van der Waals surface area (Å²) in [6.07, 6.45) is 3.78. The summed E-state index contributed by atoms with van der Waals surface area (Å²) in [6.45, 7) is 2.76. The molecular formula is C13H18BrN3. The van der Waals surface area contributed by atoms with Gasteiger partial charge in [0.1, 0.15) is 0 Å². The number of aliphatic imine (C=N–C) groups is 1. The third-order valence-corrected chi connectivity index (χ3v) is 3.55. The van der Waals surface area contributed by atoms with Crippen LogP contribution in [-0.4, -0.2) is 23.9 Å². The monoisotopic (exact) mass is 295 g/mol. The lowest BCUT2D eigenvalue weighted by atomic mass is 10.1. The smallest absolute Gasteiger partial charge is 0.191 e. The average molecular weight is 296 g/mol. The van der Waals surface area contributed by atoms with Gasteiger partial charge in [0.15, 0.2) is 5.96 Å². The second-order valence-corrected chi connectivity index (χ2v) is 5.26. The summed E-state index contributed by atoms with van der Waals surface area (Å²) in [5.74, 6) is 0.688. The zero-order valence-corrected chi connectivity index (χ0v) is 11.5. The van der Waals surface area contributed by atoms with E-state index in [1.54, 1.807) is 0 Å². The van der Waals surface area contributed by atoms with Crippen LogP contribution in [0.15, 0.2) is 33.7 Å². The van der Waals surface area contributed by atoms with Crippen molar-refractivity contribution in [2.75, 3.05) is 13.1 Å². The predicted molar refractivity (Wildman–Crippen MR) is 74.9 cm³/mol. The fraction of sp³-hybridized carbons (Fsp3) is 0.462. The molecule has 0 radical (unpaired) electrons. The maximum Gasteiger partial charge on any atom is 0.191 e. The minimum absolute atomic E-state index is 0.662. The van der Waals surface area contributed by atoms with Crippen molar-refractivity contribution < 1.29 is 0 Å². The maximum absolute atomic E-state index is 5.99. The third-order valence-electron chi connectivity index (χ3n) is 3.02. The van der Waals surface area contributed by atoms with Crippen LogP contribution in [0, 0.1) is 0 Å². The van der Waals surface area contributed by atoms with E-state index in [0.717, 1.165) is 17.6 Å². The highest BCUT2D eigenvalue weighted by atomic mass is 79.9. The van der Waals surface area contributed by atoms with Crippen molar-refractivity contribution in [1.82, 2.24) is 4.90 Å². The molecule has 0 saturated carbocycles. The van der Waals surface area contributed by atoms with Crippen molar-refractivity contribution in [1.29, 1.82) is 0 Å². The topological polar surface area (TPSA) is 41.6 Å². The zero-order valence-electron chi connectivity index (χ0n) is 9.90. The molecule has 3 nitrogen and oxygen atoms in total. The standard InChI is InChI=1S/C13H18BrN3/c14-12-6-4-11(5-7-12)10-16-13(15)17-8-2-1-3-9-17/h4-7H,1-3,8-10H2,(H2,15,16). The molecule has 1 aliphatic rings. The van der Waals surface area contributed by atoms with Gasteiger partial charge < -0.3 is 10.6 Å². The number of likely N-dealkylation sites (tertiary alicyclic amines) is 1. The van der Waals surface area contributed by atoms with Gasteiger partial charge in [-0.2, -0.15) is 0 Å². The fourth-order valence-corrected chi connectivity index (χ4v) is 2.25. The highest BCUT2D eigenvalue weighted by molar-refractivity contribution is 9.10. The Morgan fingerprint density at radius 3 is 2.47 bits per heavy atom. The van der Waals surface area contributed by atoms with Crippen LogP contribution in [0.3, 0.4) is 0 Å². The SMILES string of the molecule is NC(=NCc1ccc(Br)cc1)N1CCCCC1. The first-order valence-corrected chi connectivity index (χ1v) is 6.84. The van der Waals surface area contributed by atoms with E-state index in [1.807, 2.05) is 12.1 Å². The van der Waals surface area contributed by atoms with E-state index >= 15 is 0 Å². The molecule has 1 aromatic carbocycles. The van der Waals surface area contributed by atoms with Gasteiger partial charge in [-0.3, -0.25) is 0 Å². The summed E-state index contributed by atoms with van der Waals surface area (Å²) < 4.78 is 1.09. The molecule has 0 bridgehead atoms. The van der Waals surface area contributed by atoms with Crippen LogP contribution in [0.4, 0.5) is 0 Å². The Bertz CT molecular complexity index is 380. The molecule has 0 aliphatic carbocycles. The van der Waals surface area contributed by atoms with E-state index in [4.69, 9.17) is 5.73 Å². The molecule has 1 fully saturated rings. The molecule has 0 aromatic heterocycles. The zero-order chi connectivity index (χ0) is 12.1. The number of hydrogen-bond donors (Lipinski definition) is 1. The summed E-state index contributed by atoms with van der Waals surface area (Å²) in [7, 11) is 0. The van der Waals surface area contributed by atoms with Crippen LogP contribution in [0.2, 0.25) is 0 Å². The predicted octanol–water partition coefficient (Wildman–Crippen LogP) is 2.75. The first-order valence-electron chi connectivity index (χ1n) is 6.05. The van der Waals surface area contributed by atoms with E-state index in [9.17, 15) is 0 Å². The van der Waals surface area contributed by atoms with E-state index in [1.165, 1.54) is 24.8 Å². The number of nitrogens with two attached hydrogens (primary N) is 1. The molecule has 2 N–H and O–H groups in total. The molecule has 1 saturated heterocycles. The summed E-state index contributed by atoms with van der Waals surface area (Å²) in [5, 5.41) is 0. The highest BCUT2D eigenvalue weighted by Gasteiger charge is 2.11. The fourth-order valence-electron chi connectivity index (χ4n) is 1.99. The van der Waals surface area contributed by atoms with Crippen LogP contribution < -0.4 is 5.73 Å². The number of piperidine rings is 1. The van der Waals surface area contributed by atoms with E-state index in [2.05, 4.69) is 38.0 Å². The molecule has 1 aromatic rings. The van der Waals surface area contributed by atoms with Crippen molar-refractivity contribution in [3.63, 3.8) is 0 Å².